The molecule has 0 spiro atoms. The largest absolute Gasteiger partial charge is 0.828 e. The highest BCUT2D eigenvalue weighted by atomic mass is 127. The maximum absolute atomic E-state index is 12.8. The fraction of sp³-hybridized carbons (Fsp3) is 0.474. The molecule has 0 saturated carbocycles. The summed E-state index contributed by atoms with van der Waals surface area (Å²) < 4.78 is 85.5. The van der Waals surface area contributed by atoms with Gasteiger partial charge in [-0.15, -0.1) is 0 Å². The van der Waals surface area contributed by atoms with Gasteiger partial charge >= 0.3 is 24.3 Å². The zero-order valence-corrected chi connectivity index (χ0v) is 25.5. The lowest BCUT2D eigenvalue weighted by Crippen LogP contribution is -2.71. The number of ether oxygens (including phenoxy) is 2. The minimum atomic E-state index is -6.54. The highest BCUT2D eigenvalue weighted by Crippen LogP contribution is 2.43. The Kier molecular flexibility index (Phi) is 11.3. The molecule has 0 aliphatic heterocycles. The van der Waals surface area contributed by atoms with Crippen LogP contribution in [0.1, 0.15) is 24.2 Å². The van der Waals surface area contributed by atoms with Crippen molar-refractivity contribution in [3.8, 4) is 0 Å². The van der Waals surface area contributed by atoms with Crippen LogP contribution >= 0.6 is 67.8 Å². The van der Waals surface area contributed by atoms with E-state index in [2.05, 4.69) is 4.74 Å². The zero-order valence-electron chi connectivity index (χ0n) is 19.1. The Bertz CT molecular complexity index is 1050. The summed E-state index contributed by atoms with van der Waals surface area (Å²) in [5.41, 5.74) is -5.75. The highest BCUT2D eigenvalue weighted by Gasteiger charge is 2.68. The van der Waals surface area contributed by atoms with Gasteiger partial charge in [0.25, 0.3) is 0 Å². The number of benzene rings is 1. The number of amides is 2. The van der Waals surface area contributed by atoms with Gasteiger partial charge in [0, 0.05) is 27.9 Å². The minimum Gasteiger partial charge on any atom is -0.828 e. The standard InChI is InChI=1S/C19H16F6I3N2O7/c1-7(31)29(3)13-10(26)9(11(27)14(12(13)28)30(4)8(2)32)15(33)36-5-6-37-16(34)17(35,18(20,21)22)19(23,24)25/h5-6H2,1-4H3/q-1. The van der Waals surface area contributed by atoms with Crippen molar-refractivity contribution >= 4 is 103 Å². The Labute approximate surface area is 246 Å². The SMILES string of the molecule is CC(=O)N(C)c1c(I)c(C(=O)OCCOC(=O)C([O-])(C(F)(F)F)C(F)(F)F)c(I)c(N(C)C(C)=O)c1I. The normalized spacial score (nSPS) is 12.2. The number of hydrogen-bond donors (Lipinski definition) is 0. The number of rotatable bonds is 7. The first kappa shape index (κ1) is 33.9. The lowest BCUT2D eigenvalue weighted by atomic mass is 10.0. The molecule has 0 heterocycles. The average Bonchev–Trinajstić information content (AvgIpc) is 2.73. The molecule has 37 heavy (non-hydrogen) atoms. The lowest BCUT2D eigenvalue weighted by molar-refractivity contribution is -0.574. The Morgan fingerprint density at radius 3 is 1.43 bits per heavy atom. The molecule has 1 aromatic carbocycles. The molecule has 0 N–H and O–H groups in total. The summed E-state index contributed by atoms with van der Waals surface area (Å²) in [6, 6.07) is 0. The molecule has 0 saturated heterocycles. The van der Waals surface area contributed by atoms with Crippen LogP contribution in [0.5, 0.6) is 0 Å². The number of carbonyl (C=O) groups excluding carboxylic acids is 4. The van der Waals surface area contributed by atoms with Crippen molar-refractivity contribution in [2.45, 2.75) is 31.8 Å². The van der Waals surface area contributed by atoms with Crippen LogP contribution in [0.2, 0.25) is 0 Å². The van der Waals surface area contributed by atoms with Gasteiger partial charge in [-0.1, -0.05) is 0 Å². The summed E-state index contributed by atoms with van der Waals surface area (Å²) in [6.45, 7) is 0.175. The first-order valence-electron chi connectivity index (χ1n) is 9.50. The van der Waals surface area contributed by atoms with Crippen LogP contribution in [0.3, 0.4) is 0 Å². The molecule has 0 radical (unpaired) electrons. The molecule has 0 fully saturated rings. The molecule has 0 unspecified atom stereocenters. The van der Waals surface area contributed by atoms with E-state index in [9.17, 15) is 50.6 Å². The summed E-state index contributed by atoms with van der Waals surface area (Å²) in [5.74, 6) is -5.18. The van der Waals surface area contributed by atoms with Gasteiger partial charge in [-0.3, -0.25) is 14.4 Å². The van der Waals surface area contributed by atoms with Crippen molar-refractivity contribution in [3.05, 3.63) is 16.3 Å². The number of esters is 2. The topological polar surface area (TPSA) is 116 Å². The third kappa shape index (κ3) is 6.89. The Morgan fingerprint density at radius 2 is 1.11 bits per heavy atom. The van der Waals surface area contributed by atoms with Crippen molar-refractivity contribution in [3.63, 3.8) is 0 Å². The summed E-state index contributed by atoms with van der Waals surface area (Å²) in [4.78, 5) is 50.6. The number of alkyl halides is 6. The summed E-state index contributed by atoms with van der Waals surface area (Å²) in [6.07, 6.45) is -13.1. The van der Waals surface area contributed by atoms with Crippen LogP contribution in [0.4, 0.5) is 37.7 Å². The van der Waals surface area contributed by atoms with Gasteiger partial charge in [0.2, 0.25) is 11.8 Å². The van der Waals surface area contributed by atoms with E-state index in [1.54, 1.807) is 45.2 Å². The van der Waals surface area contributed by atoms with E-state index in [1.165, 1.54) is 37.7 Å². The molecule has 1 rings (SSSR count). The summed E-state index contributed by atoms with van der Waals surface area (Å²) in [5, 5.41) is 11.3. The number of anilines is 2. The summed E-state index contributed by atoms with van der Waals surface area (Å²) >= 11 is 5.33. The van der Waals surface area contributed by atoms with Crippen molar-refractivity contribution < 1.29 is 60.1 Å². The van der Waals surface area contributed by atoms with Crippen molar-refractivity contribution in [2.24, 2.45) is 0 Å². The number of halogens is 9. The van der Waals surface area contributed by atoms with Crippen LogP contribution in [-0.4, -0.2) is 69.0 Å². The molecule has 9 nitrogen and oxygen atoms in total. The van der Waals surface area contributed by atoms with E-state index in [1.807, 2.05) is 22.6 Å². The maximum Gasteiger partial charge on any atom is 0.399 e. The smallest absolute Gasteiger partial charge is 0.399 e. The van der Waals surface area contributed by atoms with Crippen LogP contribution in [0.15, 0.2) is 0 Å². The van der Waals surface area contributed by atoms with E-state index < -0.39 is 54.9 Å². The van der Waals surface area contributed by atoms with Gasteiger partial charge in [-0.2, -0.15) is 26.3 Å². The molecule has 2 amide bonds. The Balaban J connectivity index is 3.30. The van der Waals surface area contributed by atoms with E-state index in [0.29, 0.717) is 3.57 Å². The van der Waals surface area contributed by atoms with E-state index >= 15 is 0 Å². The van der Waals surface area contributed by atoms with Gasteiger partial charge < -0.3 is 24.4 Å². The molecule has 208 valence electrons. The zero-order chi connectivity index (χ0) is 29.3. The number of carbonyl (C=O) groups is 4. The van der Waals surface area contributed by atoms with Gasteiger partial charge in [-0.25, -0.2) is 4.79 Å². The first-order valence-corrected chi connectivity index (χ1v) is 12.7. The fourth-order valence-corrected chi connectivity index (χ4v) is 7.61. The van der Waals surface area contributed by atoms with Gasteiger partial charge in [0.05, 0.1) is 27.6 Å². The fourth-order valence-electron chi connectivity index (χ4n) is 2.56. The number of hydrogen-bond acceptors (Lipinski definition) is 7. The molecule has 0 aliphatic carbocycles. The Hall–Kier alpha value is -1.17. The van der Waals surface area contributed by atoms with Crippen LogP contribution in [0.25, 0.3) is 0 Å². The Morgan fingerprint density at radius 1 is 0.757 bits per heavy atom. The molecule has 18 heteroatoms. The van der Waals surface area contributed by atoms with Crippen molar-refractivity contribution in [2.75, 3.05) is 37.1 Å². The second kappa shape index (κ2) is 12.3. The maximum atomic E-state index is 12.8. The average molecular weight is 879 g/mol. The second-order valence-corrected chi connectivity index (χ2v) is 10.4. The van der Waals surface area contributed by atoms with Crippen LogP contribution < -0.4 is 14.9 Å². The quantitative estimate of drug-likeness (QED) is 0.179. The summed E-state index contributed by atoms with van der Waals surface area (Å²) in [7, 11) is 2.80. The third-order valence-corrected chi connectivity index (χ3v) is 7.85. The predicted molar refractivity (Wildman–Crippen MR) is 139 cm³/mol. The molecule has 0 atom stereocenters. The minimum absolute atomic E-state index is 0.178. The van der Waals surface area contributed by atoms with Gasteiger partial charge in [0.1, 0.15) is 13.2 Å². The second-order valence-electron chi connectivity index (χ2n) is 7.12. The molecular formula is C19H16F6I3N2O7-. The van der Waals surface area contributed by atoms with Crippen LogP contribution in [-0.2, 0) is 23.9 Å². The molecular weight excluding hydrogens is 863 g/mol. The molecule has 0 aromatic heterocycles. The molecule has 1 aromatic rings. The molecule has 0 bridgehead atoms. The highest BCUT2D eigenvalue weighted by molar-refractivity contribution is 14.1. The predicted octanol–water partition coefficient (Wildman–Crippen LogP) is 3.39. The molecule has 0 aliphatic rings. The first-order chi connectivity index (χ1) is 16.6. The van der Waals surface area contributed by atoms with Crippen molar-refractivity contribution in [1.82, 2.24) is 0 Å². The van der Waals surface area contributed by atoms with Crippen LogP contribution in [0, 0.1) is 10.7 Å². The van der Waals surface area contributed by atoms with E-state index in [0.717, 1.165) is 0 Å². The third-order valence-electron chi connectivity index (χ3n) is 4.73. The van der Waals surface area contributed by atoms with Crippen molar-refractivity contribution in [1.29, 1.82) is 0 Å². The van der Waals surface area contributed by atoms with Gasteiger partial charge in [0.15, 0.2) is 5.60 Å². The van der Waals surface area contributed by atoms with E-state index in [-0.39, 0.29) is 24.1 Å². The monoisotopic (exact) mass is 879 g/mol. The van der Waals surface area contributed by atoms with E-state index in [4.69, 9.17) is 4.74 Å². The lowest BCUT2D eigenvalue weighted by Gasteiger charge is -2.40. The van der Waals surface area contributed by atoms with Gasteiger partial charge in [-0.05, 0) is 67.8 Å². The number of nitrogens with zero attached hydrogens (tertiary/aromatic N) is 2.